The van der Waals surface area contributed by atoms with E-state index in [2.05, 4.69) is 10.1 Å². The second-order valence-corrected chi connectivity index (χ2v) is 6.99. The molecular weight excluding hydrogens is 380 g/mol. The number of imide groups is 1. The minimum atomic E-state index is -0.606. The number of benzene rings is 2. The van der Waals surface area contributed by atoms with Crippen molar-refractivity contribution in [2.45, 2.75) is 26.4 Å². The standard InChI is InChI=1S/C20H17ClN4O3/c1-12-7-9-14(10-8-12)25-13(2)19(26)24(20(25)27)11-17-22-18(28-23-17)15-5-3-4-6-16(15)21/h3-10,13H,11H2,1-2H3. The van der Waals surface area contributed by atoms with Crippen molar-refractivity contribution in [3.63, 3.8) is 0 Å². The Morgan fingerprint density at radius 3 is 2.54 bits per heavy atom. The van der Waals surface area contributed by atoms with Gasteiger partial charge in [0.25, 0.3) is 11.8 Å². The summed E-state index contributed by atoms with van der Waals surface area (Å²) < 4.78 is 5.26. The molecule has 142 valence electrons. The SMILES string of the molecule is Cc1ccc(N2C(=O)N(Cc3noc(-c4ccccc4Cl)n3)C(=O)C2C)cc1. The molecule has 1 aliphatic heterocycles. The van der Waals surface area contributed by atoms with E-state index in [4.69, 9.17) is 16.1 Å². The summed E-state index contributed by atoms with van der Waals surface area (Å²) in [4.78, 5) is 32.4. The molecule has 1 aromatic heterocycles. The number of anilines is 1. The summed E-state index contributed by atoms with van der Waals surface area (Å²) in [7, 11) is 0. The van der Waals surface area contributed by atoms with Crippen molar-refractivity contribution < 1.29 is 14.1 Å². The normalized spacial score (nSPS) is 16.9. The van der Waals surface area contributed by atoms with Crippen molar-refractivity contribution >= 4 is 29.2 Å². The number of hydrogen-bond donors (Lipinski definition) is 0. The third-order valence-corrected chi connectivity index (χ3v) is 4.96. The molecular formula is C20H17ClN4O3. The summed E-state index contributed by atoms with van der Waals surface area (Å²) in [6.07, 6.45) is 0. The first-order valence-electron chi connectivity index (χ1n) is 8.74. The fourth-order valence-electron chi connectivity index (χ4n) is 3.11. The maximum atomic E-state index is 12.9. The fraction of sp³-hybridized carbons (Fsp3) is 0.200. The van der Waals surface area contributed by atoms with Gasteiger partial charge < -0.3 is 4.52 Å². The minimum Gasteiger partial charge on any atom is -0.334 e. The molecule has 28 heavy (non-hydrogen) atoms. The van der Waals surface area contributed by atoms with Gasteiger partial charge in [-0.15, -0.1) is 0 Å². The molecule has 0 bridgehead atoms. The maximum absolute atomic E-state index is 12.9. The summed E-state index contributed by atoms with van der Waals surface area (Å²) in [6, 6.07) is 13.5. The summed E-state index contributed by atoms with van der Waals surface area (Å²) in [5.74, 6) is 0.160. The van der Waals surface area contributed by atoms with Crippen molar-refractivity contribution in [1.82, 2.24) is 15.0 Å². The van der Waals surface area contributed by atoms with Gasteiger partial charge in [-0.2, -0.15) is 4.98 Å². The Kier molecular flexibility index (Phi) is 4.60. The molecule has 1 saturated heterocycles. The number of halogens is 1. The number of urea groups is 1. The van der Waals surface area contributed by atoms with Crippen LogP contribution in [0, 0.1) is 6.92 Å². The second kappa shape index (κ2) is 7.09. The van der Waals surface area contributed by atoms with Crippen LogP contribution in [0.2, 0.25) is 5.02 Å². The van der Waals surface area contributed by atoms with Crippen LogP contribution in [-0.2, 0) is 11.3 Å². The second-order valence-electron chi connectivity index (χ2n) is 6.58. The fourth-order valence-corrected chi connectivity index (χ4v) is 3.33. The van der Waals surface area contributed by atoms with E-state index < -0.39 is 12.1 Å². The highest BCUT2D eigenvalue weighted by molar-refractivity contribution is 6.33. The predicted octanol–water partition coefficient (Wildman–Crippen LogP) is 4.06. The van der Waals surface area contributed by atoms with Crippen LogP contribution >= 0.6 is 11.6 Å². The van der Waals surface area contributed by atoms with Gasteiger partial charge in [-0.1, -0.05) is 46.6 Å². The monoisotopic (exact) mass is 396 g/mol. The van der Waals surface area contributed by atoms with Crippen LogP contribution < -0.4 is 4.90 Å². The summed E-state index contributed by atoms with van der Waals surface area (Å²) in [5, 5.41) is 4.37. The number of rotatable bonds is 4. The van der Waals surface area contributed by atoms with Crippen LogP contribution in [0.4, 0.5) is 10.5 Å². The molecule has 2 heterocycles. The largest absolute Gasteiger partial charge is 0.334 e. The molecule has 0 N–H and O–H groups in total. The molecule has 2 aromatic carbocycles. The average Bonchev–Trinajstić information content (AvgIpc) is 3.23. The molecule has 0 spiro atoms. The zero-order chi connectivity index (χ0) is 19.8. The van der Waals surface area contributed by atoms with Gasteiger partial charge in [0.05, 0.1) is 17.1 Å². The van der Waals surface area contributed by atoms with E-state index in [1.54, 1.807) is 31.2 Å². The van der Waals surface area contributed by atoms with Crippen molar-refractivity contribution in [2.24, 2.45) is 0 Å². The lowest BCUT2D eigenvalue weighted by Crippen LogP contribution is -2.33. The zero-order valence-electron chi connectivity index (χ0n) is 15.3. The Morgan fingerprint density at radius 1 is 1.11 bits per heavy atom. The highest BCUT2D eigenvalue weighted by Gasteiger charge is 2.43. The summed E-state index contributed by atoms with van der Waals surface area (Å²) in [6.45, 7) is 3.59. The van der Waals surface area contributed by atoms with E-state index in [9.17, 15) is 9.59 Å². The van der Waals surface area contributed by atoms with Crippen molar-refractivity contribution in [1.29, 1.82) is 0 Å². The number of amides is 3. The van der Waals surface area contributed by atoms with Crippen LogP contribution in [0.15, 0.2) is 53.1 Å². The topological polar surface area (TPSA) is 79.5 Å². The van der Waals surface area contributed by atoms with E-state index in [1.807, 2.05) is 31.2 Å². The molecule has 1 aliphatic rings. The van der Waals surface area contributed by atoms with Crippen molar-refractivity contribution in [3.8, 4) is 11.5 Å². The van der Waals surface area contributed by atoms with Gasteiger partial charge in [-0.3, -0.25) is 14.6 Å². The van der Waals surface area contributed by atoms with Crippen LogP contribution in [0.1, 0.15) is 18.3 Å². The van der Waals surface area contributed by atoms with Gasteiger partial charge in [-0.05, 0) is 38.1 Å². The Morgan fingerprint density at radius 2 is 1.82 bits per heavy atom. The minimum absolute atomic E-state index is 0.0711. The first-order chi connectivity index (χ1) is 13.5. The number of hydrogen-bond acceptors (Lipinski definition) is 5. The van der Waals surface area contributed by atoms with E-state index in [1.165, 1.54) is 4.90 Å². The lowest BCUT2D eigenvalue weighted by Gasteiger charge is -2.19. The Hall–Kier alpha value is -3.19. The number of carbonyl (C=O) groups is 2. The van der Waals surface area contributed by atoms with Gasteiger partial charge in [0.15, 0.2) is 5.82 Å². The molecule has 4 rings (SSSR count). The molecule has 1 fully saturated rings. The maximum Gasteiger partial charge on any atom is 0.332 e. The summed E-state index contributed by atoms with van der Waals surface area (Å²) in [5.41, 5.74) is 2.34. The average molecular weight is 397 g/mol. The number of carbonyl (C=O) groups excluding carboxylic acids is 2. The van der Waals surface area contributed by atoms with Gasteiger partial charge in [0.1, 0.15) is 6.04 Å². The first kappa shape index (κ1) is 18.2. The molecule has 7 nitrogen and oxygen atoms in total. The van der Waals surface area contributed by atoms with Gasteiger partial charge in [-0.25, -0.2) is 4.79 Å². The predicted molar refractivity (Wildman–Crippen MR) is 104 cm³/mol. The summed E-state index contributed by atoms with van der Waals surface area (Å²) >= 11 is 6.15. The molecule has 1 atom stereocenters. The molecule has 0 saturated carbocycles. The number of aryl methyl sites for hydroxylation is 1. The van der Waals surface area contributed by atoms with Crippen LogP contribution in [0.3, 0.4) is 0 Å². The van der Waals surface area contributed by atoms with E-state index in [0.29, 0.717) is 16.3 Å². The Balaban J connectivity index is 1.57. The van der Waals surface area contributed by atoms with E-state index >= 15 is 0 Å². The highest BCUT2D eigenvalue weighted by Crippen LogP contribution is 2.29. The Labute approximate surface area is 166 Å². The number of nitrogens with zero attached hydrogens (tertiary/aromatic N) is 4. The third-order valence-electron chi connectivity index (χ3n) is 4.63. The van der Waals surface area contributed by atoms with Crippen molar-refractivity contribution in [2.75, 3.05) is 4.90 Å². The number of aromatic nitrogens is 2. The lowest BCUT2D eigenvalue weighted by molar-refractivity contribution is -0.127. The Bertz CT molecular complexity index is 1050. The van der Waals surface area contributed by atoms with Gasteiger partial charge >= 0.3 is 6.03 Å². The molecule has 0 aliphatic carbocycles. The highest BCUT2D eigenvalue weighted by atomic mass is 35.5. The van der Waals surface area contributed by atoms with Crippen LogP contribution in [-0.4, -0.2) is 33.0 Å². The van der Waals surface area contributed by atoms with Gasteiger partial charge in [0, 0.05) is 5.69 Å². The molecule has 8 heteroatoms. The molecule has 3 amide bonds. The van der Waals surface area contributed by atoms with Gasteiger partial charge in [0.2, 0.25) is 0 Å². The van der Waals surface area contributed by atoms with Crippen LogP contribution in [0.5, 0.6) is 0 Å². The quantitative estimate of drug-likeness (QED) is 0.621. The smallest absolute Gasteiger partial charge is 0.332 e. The third kappa shape index (κ3) is 3.14. The zero-order valence-corrected chi connectivity index (χ0v) is 16.1. The first-order valence-corrected chi connectivity index (χ1v) is 9.12. The van der Waals surface area contributed by atoms with Crippen molar-refractivity contribution in [3.05, 3.63) is 64.9 Å². The van der Waals surface area contributed by atoms with E-state index in [-0.39, 0.29) is 24.2 Å². The van der Waals surface area contributed by atoms with Crippen LogP contribution in [0.25, 0.3) is 11.5 Å². The lowest BCUT2D eigenvalue weighted by atomic mass is 10.2. The molecule has 1 unspecified atom stereocenters. The molecule has 0 radical (unpaired) electrons. The molecule has 3 aromatic rings. The van der Waals surface area contributed by atoms with E-state index in [0.717, 1.165) is 10.5 Å².